The molecule has 0 atom stereocenters. The van der Waals surface area contributed by atoms with Crippen molar-refractivity contribution in [1.29, 1.82) is 0 Å². The van der Waals surface area contributed by atoms with E-state index in [0.29, 0.717) is 28.9 Å². The van der Waals surface area contributed by atoms with Crippen molar-refractivity contribution in [1.82, 2.24) is 14.8 Å². The number of benzene rings is 2. The Morgan fingerprint density at radius 2 is 2.00 bits per heavy atom. The minimum Gasteiger partial charge on any atom is -0.492 e. The molecule has 152 valence electrons. The number of ether oxygens (including phenoxy) is 1. The summed E-state index contributed by atoms with van der Waals surface area (Å²) in [4.78, 5) is 0. The summed E-state index contributed by atoms with van der Waals surface area (Å²) in [5, 5.41) is 10.8. The van der Waals surface area contributed by atoms with Crippen LogP contribution >= 0.6 is 35.0 Å². The Bertz CT molecular complexity index is 974. The summed E-state index contributed by atoms with van der Waals surface area (Å²) >= 11 is 13.7. The van der Waals surface area contributed by atoms with Gasteiger partial charge in [0.05, 0.1) is 11.6 Å². The first-order chi connectivity index (χ1) is 14.1. The molecule has 7 heteroatoms. The number of hydrogen-bond acceptors (Lipinski definition) is 4. The normalized spacial score (nSPS) is 10.9. The summed E-state index contributed by atoms with van der Waals surface area (Å²) in [6.07, 6.45) is 3.43. The van der Waals surface area contributed by atoms with E-state index in [9.17, 15) is 0 Å². The first-order valence-electron chi connectivity index (χ1n) is 9.36. The van der Waals surface area contributed by atoms with Crippen molar-refractivity contribution in [3.05, 3.63) is 82.1 Å². The first kappa shape index (κ1) is 21.8. The highest BCUT2D eigenvalue weighted by molar-refractivity contribution is 7.98. The molecule has 0 bridgehead atoms. The molecular weight excluding hydrogens is 425 g/mol. The fourth-order valence-corrected chi connectivity index (χ4v) is 4.35. The van der Waals surface area contributed by atoms with Gasteiger partial charge in [-0.15, -0.1) is 16.8 Å². The molecule has 1 aromatic heterocycles. The number of aromatic nitrogens is 3. The van der Waals surface area contributed by atoms with Gasteiger partial charge in [0, 0.05) is 23.7 Å². The van der Waals surface area contributed by atoms with E-state index in [-0.39, 0.29) is 0 Å². The molecule has 0 amide bonds. The third kappa shape index (κ3) is 6.01. The van der Waals surface area contributed by atoms with Gasteiger partial charge >= 0.3 is 0 Å². The first-order valence-corrected chi connectivity index (χ1v) is 11.1. The highest BCUT2D eigenvalue weighted by Gasteiger charge is 2.12. The fraction of sp³-hybridized carbons (Fsp3) is 0.273. The minimum absolute atomic E-state index is 0.516. The number of halogens is 2. The summed E-state index contributed by atoms with van der Waals surface area (Å²) in [6, 6.07) is 13.6. The van der Waals surface area contributed by atoms with E-state index in [1.807, 2.05) is 6.08 Å². The second-order valence-corrected chi connectivity index (χ2v) is 8.33. The van der Waals surface area contributed by atoms with Crippen LogP contribution in [0.5, 0.6) is 5.75 Å². The molecule has 3 rings (SSSR count). The molecule has 0 aliphatic carbocycles. The number of thioether (sulfide) groups is 1. The van der Waals surface area contributed by atoms with Gasteiger partial charge in [0.1, 0.15) is 11.6 Å². The lowest BCUT2D eigenvalue weighted by atomic mass is 10.1. The van der Waals surface area contributed by atoms with E-state index in [1.165, 1.54) is 11.1 Å². The quantitative estimate of drug-likeness (QED) is 0.205. The van der Waals surface area contributed by atoms with Crippen LogP contribution in [0, 0.1) is 6.92 Å². The van der Waals surface area contributed by atoms with Crippen LogP contribution in [0.2, 0.25) is 10.0 Å². The third-order valence-corrected chi connectivity index (χ3v) is 5.97. The third-order valence-electron chi connectivity index (χ3n) is 4.42. The minimum atomic E-state index is 0.516. The number of allylic oxidation sites excluding steroid dienone is 1. The Hall–Kier alpha value is -1.95. The molecule has 0 saturated carbocycles. The number of rotatable bonds is 10. The monoisotopic (exact) mass is 447 g/mol. The molecule has 0 aliphatic rings. The second-order valence-electron chi connectivity index (χ2n) is 6.54. The van der Waals surface area contributed by atoms with Crippen LogP contribution in [0.25, 0.3) is 0 Å². The van der Waals surface area contributed by atoms with Gasteiger partial charge in [-0.2, -0.15) is 0 Å². The number of aryl methyl sites for hydroxylation is 2. The predicted octanol–water partition coefficient (Wildman–Crippen LogP) is 6.38. The van der Waals surface area contributed by atoms with Crippen LogP contribution in [0.1, 0.15) is 23.4 Å². The Labute approximate surface area is 185 Å². The van der Waals surface area contributed by atoms with Crippen LogP contribution in [0.15, 0.2) is 60.3 Å². The summed E-state index contributed by atoms with van der Waals surface area (Å²) in [5.74, 6) is 2.43. The van der Waals surface area contributed by atoms with Gasteiger partial charge in [0.25, 0.3) is 0 Å². The molecule has 2 aromatic carbocycles. The van der Waals surface area contributed by atoms with Crippen LogP contribution < -0.4 is 4.74 Å². The standard InChI is InChI=1S/C22H23Cl2N3OS/c1-3-12-27-21(9-6-13-28-20-11-10-18(23)14-19(20)24)25-26-22(27)29-15-17-8-5-4-7-16(17)2/h3-5,7-8,10-11,14H,1,6,9,12-13,15H2,2H3. The number of hydrogen-bond donors (Lipinski definition) is 0. The maximum Gasteiger partial charge on any atom is 0.191 e. The lowest BCUT2D eigenvalue weighted by Crippen LogP contribution is -2.07. The SMILES string of the molecule is C=CCn1c(CCCOc2ccc(Cl)cc2Cl)nnc1SCc1ccccc1C. The van der Waals surface area contributed by atoms with Crippen molar-refractivity contribution in [2.75, 3.05) is 6.61 Å². The Morgan fingerprint density at radius 3 is 2.76 bits per heavy atom. The largest absolute Gasteiger partial charge is 0.492 e. The van der Waals surface area contributed by atoms with Crippen LogP contribution in [0.4, 0.5) is 0 Å². The zero-order chi connectivity index (χ0) is 20.6. The van der Waals surface area contributed by atoms with E-state index in [2.05, 4.69) is 52.5 Å². The van der Waals surface area contributed by atoms with Crippen molar-refractivity contribution in [2.45, 2.75) is 37.2 Å². The Balaban J connectivity index is 1.57. The van der Waals surface area contributed by atoms with Gasteiger partial charge in [-0.25, -0.2) is 0 Å². The summed E-state index contributed by atoms with van der Waals surface area (Å²) < 4.78 is 7.88. The highest BCUT2D eigenvalue weighted by atomic mass is 35.5. The second kappa shape index (κ2) is 10.7. The molecule has 0 unspecified atom stereocenters. The molecule has 4 nitrogen and oxygen atoms in total. The van der Waals surface area contributed by atoms with Crippen molar-refractivity contribution < 1.29 is 4.74 Å². The van der Waals surface area contributed by atoms with Gasteiger partial charge in [0.15, 0.2) is 5.16 Å². The Kier molecular flexibility index (Phi) is 8.04. The van der Waals surface area contributed by atoms with Gasteiger partial charge in [-0.05, 0) is 42.7 Å². The molecule has 1 heterocycles. The van der Waals surface area contributed by atoms with Crippen molar-refractivity contribution in [3.63, 3.8) is 0 Å². The van der Waals surface area contributed by atoms with E-state index in [0.717, 1.165) is 29.6 Å². The topological polar surface area (TPSA) is 39.9 Å². The Morgan fingerprint density at radius 1 is 1.17 bits per heavy atom. The zero-order valence-electron chi connectivity index (χ0n) is 16.3. The van der Waals surface area contributed by atoms with Gasteiger partial charge in [-0.3, -0.25) is 0 Å². The van der Waals surface area contributed by atoms with Gasteiger partial charge in [-0.1, -0.05) is 65.3 Å². The van der Waals surface area contributed by atoms with Gasteiger partial charge in [0.2, 0.25) is 0 Å². The smallest absolute Gasteiger partial charge is 0.191 e. The zero-order valence-corrected chi connectivity index (χ0v) is 18.6. The molecule has 3 aromatic rings. The molecule has 0 aliphatic heterocycles. The van der Waals surface area contributed by atoms with Crippen molar-refractivity contribution >= 4 is 35.0 Å². The molecule has 0 radical (unpaired) electrons. The maximum atomic E-state index is 6.14. The van der Waals surface area contributed by atoms with Crippen LogP contribution in [-0.4, -0.2) is 21.4 Å². The van der Waals surface area contributed by atoms with Crippen LogP contribution in [-0.2, 0) is 18.7 Å². The molecular formula is C22H23Cl2N3OS. The lowest BCUT2D eigenvalue weighted by Gasteiger charge is -2.10. The average Bonchev–Trinajstić information content (AvgIpc) is 3.08. The fourth-order valence-electron chi connectivity index (χ4n) is 2.84. The van der Waals surface area contributed by atoms with E-state index >= 15 is 0 Å². The molecule has 0 N–H and O–H groups in total. The van der Waals surface area contributed by atoms with E-state index < -0.39 is 0 Å². The summed E-state index contributed by atoms with van der Waals surface area (Å²) in [6.45, 7) is 7.21. The van der Waals surface area contributed by atoms with Crippen LogP contribution in [0.3, 0.4) is 0 Å². The van der Waals surface area contributed by atoms with Gasteiger partial charge < -0.3 is 9.30 Å². The number of nitrogens with zero attached hydrogens (tertiary/aromatic N) is 3. The maximum absolute atomic E-state index is 6.14. The predicted molar refractivity (Wildman–Crippen MR) is 121 cm³/mol. The summed E-state index contributed by atoms with van der Waals surface area (Å²) in [5.41, 5.74) is 2.59. The summed E-state index contributed by atoms with van der Waals surface area (Å²) in [7, 11) is 0. The molecule has 0 saturated heterocycles. The molecule has 0 spiro atoms. The van der Waals surface area contributed by atoms with Crippen molar-refractivity contribution in [2.24, 2.45) is 0 Å². The molecule has 0 fully saturated rings. The van der Waals surface area contributed by atoms with Crippen molar-refractivity contribution in [3.8, 4) is 5.75 Å². The van der Waals surface area contributed by atoms with E-state index in [1.54, 1.807) is 30.0 Å². The average molecular weight is 448 g/mol. The molecule has 29 heavy (non-hydrogen) atoms. The lowest BCUT2D eigenvalue weighted by molar-refractivity contribution is 0.309. The van der Waals surface area contributed by atoms with E-state index in [4.69, 9.17) is 27.9 Å². The highest BCUT2D eigenvalue weighted by Crippen LogP contribution is 2.28.